The van der Waals surface area contributed by atoms with Crippen LogP contribution < -0.4 is 10.4 Å². The molecule has 1 saturated carbocycles. The Morgan fingerprint density at radius 1 is 1.00 bits per heavy atom. The lowest BCUT2D eigenvalue weighted by atomic mass is 9.90. The van der Waals surface area contributed by atoms with Gasteiger partial charge in [0.2, 0.25) is 0 Å². The molecule has 1 aliphatic carbocycles. The van der Waals surface area contributed by atoms with Crippen molar-refractivity contribution in [2.24, 2.45) is 11.8 Å². The number of Topliss-reactive ketones (excluding diaryl/α,β-unsaturated/α-hetero) is 1. The van der Waals surface area contributed by atoms with Crippen molar-refractivity contribution in [1.29, 1.82) is 0 Å². The van der Waals surface area contributed by atoms with Crippen molar-refractivity contribution >= 4 is 52.0 Å². The van der Waals surface area contributed by atoms with Gasteiger partial charge in [-0.2, -0.15) is 0 Å². The number of carboxylic acid groups (broad SMARTS) is 1. The quantitative estimate of drug-likeness (QED) is 0.0898. The van der Waals surface area contributed by atoms with Gasteiger partial charge in [0, 0.05) is 24.7 Å². The van der Waals surface area contributed by atoms with Crippen molar-refractivity contribution in [2.45, 2.75) is 70.1 Å². The van der Waals surface area contributed by atoms with Crippen molar-refractivity contribution in [3.63, 3.8) is 0 Å². The van der Waals surface area contributed by atoms with Crippen LogP contribution in [0.4, 0.5) is 0 Å². The van der Waals surface area contributed by atoms with Crippen LogP contribution in [-0.2, 0) is 14.0 Å². The Morgan fingerprint density at radius 3 is 2.24 bits per heavy atom. The Balaban J connectivity index is 1.54. The number of para-hydroxylation sites is 1. The van der Waals surface area contributed by atoms with Crippen LogP contribution in [0.25, 0.3) is 10.2 Å². The van der Waals surface area contributed by atoms with Crippen molar-refractivity contribution in [3.05, 3.63) is 114 Å². The van der Waals surface area contributed by atoms with E-state index in [4.69, 9.17) is 14.5 Å². The Hall–Kier alpha value is -3.69. The van der Waals surface area contributed by atoms with E-state index in [1.165, 1.54) is 0 Å². The van der Waals surface area contributed by atoms with E-state index >= 15 is 0 Å². The molecule has 0 radical (unpaired) electrons. The summed E-state index contributed by atoms with van der Waals surface area (Å²) in [7, 11) is -2.98. The standard InChI is InChI=1S/C38H43NO5SSi/c1-38(2,3)46(27-16-8-6-9-17-27,28-18-10-7-11-19-28)44-34(37-39-31-21-14-15-22-35(31)45-37)25-24-30-29(32(40)26-33(30)41)20-12-4-5-13-23-36(42)43/h4,6-12,14-19,21-22,24-25,29-30,32,34,40H,5,13,20,23,26H2,1-3H3,(H,42,43)/t29-,30-,32+,34-/m1/s1. The van der Waals surface area contributed by atoms with E-state index in [0.29, 0.717) is 19.3 Å². The smallest absolute Gasteiger partial charge is 0.303 e. The number of rotatable bonds is 13. The number of thiazole rings is 1. The van der Waals surface area contributed by atoms with Gasteiger partial charge in [-0.1, -0.05) is 118 Å². The van der Waals surface area contributed by atoms with Gasteiger partial charge >= 0.3 is 5.97 Å². The van der Waals surface area contributed by atoms with Gasteiger partial charge in [-0.05, 0) is 46.8 Å². The summed E-state index contributed by atoms with van der Waals surface area (Å²) in [6.45, 7) is 6.73. The Bertz CT molecular complexity index is 1610. The first kappa shape index (κ1) is 33.7. The summed E-state index contributed by atoms with van der Waals surface area (Å²) in [4.78, 5) is 29.1. The number of aliphatic carboxylic acids is 1. The fourth-order valence-electron chi connectivity index (χ4n) is 6.55. The molecule has 0 unspecified atom stereocenters. The monoisotopic (exact) mass is 653 g/mol. The molecule has 0 bridgehead atoms. The van der Waals surface area contributed by atoms with E-state index in [-0.39, 0.29) is 29.6 Å². The molecule has 5 rings (SSSR count). The first-order chi connectivity index (χ1) is 22.1. The van der Waals surface area contributed by atoms with E-state index in [2.05, 4.69) is 75.4 Å². The SMILES string of the molecule is CC(C)(C)[Si](O[C@H](C=C[C@H]1C(=O)C[C@H](O)[C@@H]1CC=CCCCC(=O)O)c1nc2ccccc2s1)(c1ccccc1)c1ccccc1. The maximum atomic E-state index is 13.2. The summed E-state index contributed by atoms with van der Waals surface area (Å²) in [5.74, 6) is -1.51. The molecule has 1 fully saturated rings. The number of unbranched alkanes of at least 4 members (excludes halogenated alkanes) is 1. The molecule has 3 aromatic carbocycles. The molecule has 1 aromatic heterocycles. The van der Waals surface area contributed by atoms with Gasteiger partial charge in [0.25, 0.3) is 8.32 Å². The van der Waals surface area contributed by atoms with Crippen LogP contribution in [0.5, 0.6) is 0 Å². The minimum atomic E-state index is -2.98. The van der Waals surface area contributed by atoms with Crippen LogP contribution in [0, 0.1) is 11.8 Å². The molecule has 4 atom stereocenters. The highest BCUT2D eigenvalue weighted by Gasteiger charge is 2.52. The predicted octanol–water partition coefficient (Wildman–Crippen LogP) is 7.24. The minimum absolute atomic E-state index is 0.0153. The first-order valence-corrected chi connectivity index (χ1v) is 18.7. The van der Waals surface area contributed by atoms with Crippen LogP contribution in [0.15, 0.2) is 109 Å². The molecule has 8 heteroatoms. The van der Waals surface area contributed by atoms with Gasteiger partial charge < -0.3 is 14.6 Å². The van der Waals surface area contributed by atoms with E-state index in [1.54, 1.807) is 11.3 Å². The fourth-order valence-corrected chi connectivity index (χ4v) is 12.2. The van der Waals surface area contributed by atoms with Crippen LogP contribution in [-0.4, -0.2) is 41.4 Å². The first-order valence-electron chi connectivity index (χ1n) is 16.0. The average Bonchev–Trinajstić information content (AvgIpc) is 3.58. The van der Waals surface area contributed by atoms with Gasteiger partial charge in [0.05, 0.1) is 16.3 Å². The molecule has 2 N–H and O–H groups in total. The lowest BCUT2D eigenvalue weighted by Crippen LogP contribution is -2.66. The van der Waals surface area contributed by atoms with E-state index in [0.717, 1.165) is 25.6 Å². The summed E-state index contributed by atoms with van der Waals surface area (Å²) in [6, 6.07) is 29.0. The highest BCUT2D eigenvalue weighted by Crippen LogP contribution is 2.42. The van der Waals surface area contributed by atoms with E-state index in [9.17, 15) is 14.7 Å². The number of carbonyl (C=O) groups is 2. The molecule has 0 spiro atoms. The van der Waals surface area contributed by atoms with Crippen molar-refractivity contribution in [3.8, 4) is 0 Å². The zero-order valence-electron chi connectivity index (χ0n) is 26.7. The number of carboxylic acids is 1. The number of hydrogen-bond donors (Lipinski definition) is 2. The topological polar surface area (TPSA) is 96.7 Å². The van der Waals surface area contributed by atoms with Gasteiger partial charge in [0.1, 0.15) is 16.9 Å². The second-order valence-electron chi connectivity index (χ2n) is 13.0. The number of ketones is 1. The molecule has 6 nitrogen and oxygen atoms in total. The molecular formula is C38H43NO5SSi. The number of benzene rings is 3. The van der Waals surface area contributed by atoms with Gasteiger partial charge in [-0.15, -0.1) is 11.3 Å². The molecule has 1 heterocycles. The normalized spacial score (nSPS) is 19.8. The Morgan fingerprint density at radius 2 is 1.63 bits per heavy atom. The van der Waals surface area contributed by atoms with E-state index < -0.39 is 32.4 Å². The summed E-state index contributed by atoms with van der Waals surface area (Å²) in [5, 5.41) is 22.7. The molecule has 4 aromatic rings. The van der Waals surface area contributed by atoms with Crippen molar-refractivity contribution in [1.82, 2.24) is 4.98 Å². The number of hydrogen-bond acceptors (Lipinski definition) is 6. The number of aliphatic hydroxyl groups is 1. The molecule has 46 heavy (non-hydrogen) atoms. The highest BCUT2D eigenvalue weighted by atomic mass is 32.1. The van der Waals surface area contributed by atoms with Crippen LogP contribution >= 0.6 is 11.3 Å². The number of allylic oxidation sites excluding steroid dienone is 3. The lowest BCUT2D eigenvalue weighted by Gasteiger charge is -2.44. The molecule has 1 aliphatic rings. The number of aliphatic hydroxyl groups excluding tert-OH is 1. The average molecular weight is 654 g/mol. The minimum Gasteiger partial charge on any atom is -0.481 e. The summed E-state index contributed by atoms with van der Waals surface area (Å²) in [5.41, 5.74) is 0.908. The summed E-state index contributed by atoms with van der Waals surface area (Å²) < 4.78 is 8.63. The molecular weight excluding hydrogens is 611 g/mol. The molecule has 0 aliphatic heterocycles. The number of fused-ring (bicyclic) bond motifs is 1. The zero-order chi connectivity index (χ0) is 32.7. The summed E-state index contributed by atoms with van der Waals surface area (Å²) >= 11 is 1.60. The van der Waals surface area contributed by atoms with Crippen molar-refractivity contribution in [2.75, 3.05) is 0 Å². The maximum absolute atomic E-state index is 13.2. The molecule has 0 saturated heterocycles. The third-order valence-corrected chi connectivity index (χ3v) is 15.0. The van der Waals surface area contributed by atoms with Gasteiger partial charge in [-0.3, -0.25) is 9.59 Å². The van der Waals surface area contributed by atoms with Crippen LogP contribution in [0.3, 0.4) is 0 Å². The molecule has 0 amide bonds. The Labute approximate surface area is 276 Å². The fraction of sp³-hybridized carbons (Fsp3) is 0.342. The maximum Gasteiger partial charge on any atom is 0.303 e. The third kappa shape index (κ3) is 7.47. The largest absolute Gasteiger partial charge is 0.481 e. The number of carbonyl (C=O) groups excluding carboxylic acids is 1. The number of aromatic nitrogens is 1. The van der Waals surface area contributed by atoms with Crippen LogP contribution in [0.1, 0.15) is 64.0 Å². The second-order valence-corrected chi connectivity index (χ2v) is 18.3. The van der Waals surface area contributed by atoms with Crippen LogP contribution in [0.2, 0.25) is 5.04 Å². The third-order valence-electron chi connectivity index (χ3n) is 8.84. The highest BCUT2D eigenvalue weighted by molar-refractivity contribution is 7.18. The second kappa shape index (κ2) is 14.8. The Kier molecular flexibility index (Phi) is 10.8. The van der Waals surface area contributed by atoms with Crippen molar-refractivity contribution < 1.29 is 24.2 Å². The lowest BCUT2D eigenvalue weighted by molar-refractivity contribution is -0.137. The molecule has 240 valence electrons. The predicted molar refractivity (Wildman–Crippen MR) is 188 cm³/mol. The van der Waals surface area contributed by atoms with Gasteiger partial charge in [-0.25, -0.2) is 4.98 Å². The van der Waals surface area contributed by atoms with Gasteiger partial charge in [0.15, 0.2) is 0 Å². The van der Waals surface area contributed by atoms with E-state index in [1.807, 2.05) is 54.6 Å². The zero-order valence-corrected chi connectivity index (χ0v) is 28.5. The summed E-state index contributed by atoms with van der Waals surface area (Å²) in [6.07, 6.45) is 8.60. The number of nitrogens with zero attached hydrogens (tertiary/aromatic N) is 1.